The maximum absolute atomic E-state index is 13.0. The number of ether oxygens (including phenoxy) is 1. The molecule has 0 saturated carbocycles. The second-order valence-electron chi connectivity index (χ2n) is 4.96. The molecule has 130 valence electrons. The van der Waals surface area contributed by atoms with Crippen LogP contribution in [-0.2, 0) is 6.61 Å². The lowest BCUT2D eigenvalue weighted by atomic mass is 10.3. The molecule has 3 aromatic rings. The Bertz CT molecular complexity index is 909. The zero-order chi connectivity index (χ0) is 17.8. The third-order valence-corrected chi connectivity index (χ3v) is 4.11. The lowest BCUT2D eigenvalue weighted by Gasteiger charge is -2.05. The van der Waals surface area contributed by atoms with Crippen LogP contribution in [0.1, 0.15) is 17.3 Å². The van der Waals surface area contributed by atoms with Crippen LogP contribution in [-0.4, -0.2) is 27.3 Å². The highest BCUT2D eigenvalue weighted by molar-refractivity contribution is 7.98. The minimum absolute atomic E-state index is 0.168. The minimum Gasteiger partial charge on any atom is -0.484 e. The number of hydrogen-bond donors (Lipinski definition) is 0. The van der Waals surface area contributed by atoms with Gasteiger partial charge in [-0.15, -0.1) is 10.2 Å². The van der Waals surface area contributed by atoms with Gasteiger partial charge in [0.1, 0.15) is 29.7 Å². The Morgan fingerprint density at radius 3 is 2.96 bits per heavy atom. The molecule has 0 amide bonds. The monoisotopic (exact) mass is 380 g/mol. The van der Waals surface area contributed by atoms with Gasteiger partial charge in [0.25, 0.3) is 0 Å². The molecule has 1 aromatic carbocycles. The summed E-state index contributed by atoms with van der Waals surface area (Å²) in [5.74, 6) is 1.81. The molecule has 9 heteroatoms. The third-order valence-electron chi connectivity index (χ3n) is 3.20. The molecular weight excluding hydrogens is 367 g/mol. The quantitative estimate of drug-likeness (QED) is 0.474. The smallest absolute Gasteiger partial charge is 0.211 e. The Balaban J connectivity index is 1.66. The maximum Gasteiger partial charge on any atom is 0.211 e. The van der Waals surface area contributed by atoms with E-state index < -0.39 is 5.82 Å². The van der Waals surface area contributed by atoms with Gasteiger partial charge in [-0.2, -0.15) is 9.78 Å². The molecule has 0 unspecified atom stereocenters. The van der Waals surface area contributed by atoms with Crippen molar-refractivity contribution in [1.29, 1.82) is 0 Å². The molecule has 2 heterocycles. The van der Waals surface area contributed by atoms with Crippen molar-refractivity contribution in [3.63, 3.8) is 0 Å². The van der Waals surface area contributed by atoms with Crippen molar-refractivity contribution in [2.24, 2.45) is 5.10 Å². The van der Waals surface area contributed by atoms with Gasteiger partial charge in [0, 0.05) is 0 Å². The van der Waals surface area contributed by atoms with E-state index in [1.54, 1.807) is 23.0 Å². The lowest BCUT2D eigenvalue weighted by Crippen LogP contribution is -1.96. The summed E-state index contributed by atoms with van der Waals surface area (Å²) in [6.45, 7) is 1.98. The van der Waals surface area contributed by atoms with Gasteiger partial charge in [-0.1, -0.05) is 23.4 Å². The molecule has 25 heavy (non-hydrogen) atoms. The van der Waals surface area contributed by atoms with Gasteiger partial charge in [-0.25, -0.2) is 4.39 Å². The number of halogens is 2. The van der Waals surface area contributed by atoms with Crippen molar-refractivity contribution in [2.75, 3.05) is 6.26 Å². The Morgan fingerprint density at radius 1 is 1.36 bits per heavy atom. The van der Waals surface area contributed by atoms with Crippen LogP contribution >= 0.6 is 23.4 Å². The molecule has 0 fully saturated rings. The summed E-state index contributed by atoms with van der Waals surface area (Å²) in [6.07, 6.45) is 3.48. The third kappa shape index (κ3) is 4.21. The second-order valence-corrected chi connectivity index (χ2v) is 6.14. The zero-order valence-electron chi connectivity index (χ0n) is 13.4. The molecule has 0 spiro atoms. The molecule has 0 aliphatic heterocycles. The first-order valence-corrected chi connectivity index (χ1v) is 8.84. The highest BCUT2D eigenvalue weighted by Crippen LogP contribution is 2.25. The Kier molecular flexibility index (Phi) is 5.40. The fraction of sp³-hybridized carbons (Fsp3) is 0.188. The number of benzene rings is 1. The molecule has 3 rings (SSSR count). The first kappa shape index (κ1) is 17.5. The van der Waals surface area contributed by atoms with Crippen molar-refractivity contribution in [3.05, 3.63) is 58.5 Å². The van der Waals surface area contributed by atoms with Gasteiger partial charge < -0.3 is 9.15 Å². The fourth-order valence-corrected chi connectivity index (χ4v) is 2.69. The summed E-state index contributed by atoms with van der Waals surface area (Å²) < 4.78 is 25.8. The molecule has 0 radical (unpaired) electrons. The van der Waals surface area contributed by atoms with Crippen LogP contribution < -0.4 is 4.74 Å². The summed E-state index contributed by atoms with van der Waals surface area (Å²) >= 11 is 7.37. The van der Waals surface area contributed by atoms with E-state index >= 15 is 0 Å². The van der Waals surface area contributed by atoms with E-state index in [4.69, 9.17) is 20.8 Å². The van der Waals surface area contributed by atoms with Gasteiger partial charge in [0.15, 0.2) is 5.82 Å². The standard InChI is InChI=1S/C16H14ClFN4O2S/c1-10-20-21-16(25-2)22(10)19-8-12-4-5-13(24-12)9-23-15-6-3-11(18)7-14(15)17/h3-8H,9H2,1-2H3/b19-8-. The van der Waals surface area contributed by atoms with E-state index in [-0.39, 0.29) is 11.6 Å². The molecule has 2 aromatic heterocycles. The highest BCUT2D eigenvalue weighted by Gasteiger charge is 2.08. The van der Waals surface area contributed by atoms with Crippen molar-refractivity contribution in [1.82, 2.24) is 14.9 Å². The SMILES string of the molecule is CSc1nnc(C)n1/N=C\c1ccc(COc2ccc(F)cc2Cl)o1. The van der Waals surface area contributed by atoms with Gasteiger partial charge in [-0.3, -0.25) is 0 Å². The van der Waals surface area contributed by atoms with Gasteiger partial charge in [0.05, 0.1) is 11.2 Å². The number of thioether (sulfide) groups is 1. The van der Waals surface area contributed by atoms with E-state index in [1.165, 1.54) is 30.0 Å². The average Bonchev–Trinajstić information content (AvgIpc) is 3.18. The summed E-state index contributed by atoms with van der Waals surface area (Å²) in [5.41, 5.74) is 0. The molecule has 0 saturated heterocycles. The molecular formula is C16H14ClFN4O2S. The number of furan rings is 1. The van der Waals surface area contributed by atoms with E-state index in [2.05, 4.69) is 15.3 Å². The van der Waals surface area contributed by atoms with E-state index in [0.29, 0.717) is 28.3 Å². The largest absolute Gasteiger partial charge is 0.484 e. The number of rotatable bonds is 6. The number of hydrogen-bond acceptors (Lipinski definition) is 6. The molecule has 0 aliphatic rings. The minimum atomic E-state index is -0.414. The number of aromatic nitrogens is 3. The fourth-order valence-electron chi connectivity index (χ4n) is 2.00. The Labute approximate surface area is 152 Å². The molecule has 6 nitrogen and oxygen atoms in total. The first-order valence-electron chi connectivity index (χ1n) is 7.23. The normalized spacial score (nSPS) is 11.4. The molecule has 0 atom stereocenters. The molecule has 0 aliphatic carbocycles. The highest BCUT2D eigenvalue weighted by atomic mass is 35.5. The van der Waals surface area contributed by atoms with Crippen molar-refractivity contribution < 1.29 is 13.5 Å². The average molecular weight is 381 g/mol. The Hall–Kier alpha value is -2.32. The summed E-state index contributed by atoms with van der Waals surface area (Å²) in [4.78, 5) is 0. The first-order chi connectivity index (χ1) is 12.1. The van der Waals surface area contributed by atoms with Gasteiger partial charge >= 0.3 is 0 Å². The predicted molar refractivity (Wildman–Crippen MR) is 94.0 cm³/mol. The maximum atomic E-state index is 13.0. The number of nitrogens with zero attached hydrogens (tertiary/aromatic N) is 4. The summed E-state index contributed by atoms with van der Waals surface area (Å²) in [6, 6.07) is 7.50. The summed E-state index contributed by atoms with van der Waals surface area (Å²) in [5, 5.41) is 13.2. The van der Waals surface area contributed by atoms with Crippen LogP contribution in [0.2, 0.25) is 5.02 Å². The van der Waals surface area contributed by atoms with Crippen molar-refractivity contribution in [2.45, 2.75) is 18.7 Å². The van der Waals surface area contributed by atoms with Crippen LogP contribution in [0.3, 0.4) is 0 Å². The topological polar surface area (TPSA) is 65.4 Å². The van der Waals surface area contributed by atoms with E-state index in [0.717, 1.165) is 0 Å². The van der Waals surface area contributed by atoms with Crippen molar-refractivity contribution in [3.8, 4) is 5.75 Å². The lowest BCUT2D eigenvalue weighted by molar-refractivity contribution is 0.269. The van der Waals surface area contributed by atoms with Crippen LogP contribution in [0.25, 0.3) is 0 Å². The van der Waals surface area contributed by atoms with Gasteiger partial charge in [0.2, 0.25) is 5.16 Å². The second kappa shape index (κ2) is 7.71. The Morgan fingerprint density at radius 2 is 2.20 bits per heavy atom. The predicted octanol–water partition coefficient (Wildman–Crippen LogP) is 4.16. The van der Waals surface area contributed by atoms with Gasteiger partial charge in [-0.05, 0) is 43.5 Å². The van der Waals surface area contributed by atoms with Crippen molar-refractivity contribution >= 4 is 29.6 Å². The summed E-state index contributed by atoms with van der Waals surface area (Å²) in [7, 11) is 0. The van der Waals surface area contributed by atoms with Crippen LogP contribution in [0.4, 0.5) is 4.39 Å². The van der Waals surface area contributed by atoms with Crippen LogP contribution in [0.5, 0.6) is 5.75 Å². The van der Waals surface area contributed by atoms with E-state index in [1.807, 2.05) is 13.2 Å². The van der Waals surface area contributed by atoms with Crippen LogP contribution in [0, 0.1) is 12.7 Å². The molecule has 0 bridgehead atoms. The zero-order valence-corrected chi connectivity index (χ0v) is 15.0. The molecule has 0 N–H and O–H groups in total. The number of aryl methyl sites for hydroxylation is 1. The van der Waals surface area contributed by atoms with E-state index in [9.17, 15) is 4.39 Å². The van der Waals surface area contributed by atoms with Crippen LogP contribution in [0.15, 0.2) is 45.0 Å².